The molecule has 0 spiro atoms. The lowest BCUT2D eigenvalue weighted by molar-refractivity contribution is -0.130. The molecule has 1 heterocycles. The number of halogens is 1. The summed E-state index contributed by atoms with van der Waals surface area (Å²) in [6, 6.07) is 9.91. The van der Waals surface area contributed by atoms with Crippen molar-refractivity contribution in [2.24, 2.45) is 0 Å². The summed E-state index contributed by atoms with van der Waals surface area (Å²) in [4.78, 5) is 27.8. The number of rotatable bonds is 6. The zero-order chi connectivity index (χ0) is 21.0. The van der Waals surface area contributed by atoms with Gasteiger partial charge >= 0.3 is 0 Å². The number of amides is 1. The number of carbonyl (C=O) groups excluding carboxylic acids is 2. The molecule has 1 saturated heterocycles. The van der Waals surface area contributed by atoms with Crippen molar-refractivity contribution < 1.29 is 23.5 Å². The van der Waals surface area contributed by atoms with Crippen LogP contribution >= 0.6 is 0 Å². The first-order valence-electron chi connectivity index (χ1n) is 9.47. The van der Waals surface area contributed by atoms with Crippen LogP contribution in [0.1, 0.15) is 22.8 Å². The second kappa shape index (κ2) is 8.94. The van der Waals surface area contributed by atoms with Gasteiger partial charge in [-0.25, -0.2) is 4.39 Å². The van der Waals surface area contributed by atoms with Crippen LogP contribution < -0.4 is 14.4 Å². The lowest BCUT2D eigenvalue weighted by Crippen LogP contribution is -2.49. The first-order valence-corrected chi connectivity index (χ1v) is 9.47. The summed E-state index contributed by atoms with van der Waals surface area (Å²) in [5.41, 5.74) is 1.58. The molecule has 2 aromatic carbocycles. The van der Waals surface area contributed by atoms with E-state index in [-0.39, 0.29) is 18.1 Å². The number of piperazine rings is 1. The van der Waals surface area contributed by atoms with Crippen LogP contribution in [0.15, 0.2) is 36.4 Å². The molecule has 0 unspecified atom stereocenters. The topological polar surface area (TPSA) is 59.1 Å². The van der Waals surface area contributed by atoms with Crippen LogP contribution in [0.5, 0.6) is 11.5 Å². The molecule has 1 aliphatic rings. The molecule has 0 aromatic heterocycles. The van der Waals surface area contributed by atoms with Gasteiger partial charge in [0.2, 0.25) is 5.91 Å². The number of Topliss-reactive ketones (excluding diaryl/α,β-unsaturated/α-hetero) is 1. The van der Waals surface area contributed by atoms with Crippen LogP contribution in [0.4, 0.5) is 10.1 Å². The van der Waals surface area contributed by atoms with Gasteiger partial charge in [-0.05, 0) is 43.3 Å². The summed E-state index contributed by atoms with van der Waals surface area (Å²) in [6.45, 7) is 3.46. The van der Waals surface area contributed by atoms with E-state index in [2.05, 4.69) is 0 Å². The number of carbonyl (C=O) groups is 2. The normalized spacial score (nSPS) is 13.9. The molecule has 1 fully saturated rings. The van der Waals surface area contributed by atoms with Crippen LogP contribution in [0.3, 0.4) is 0 Å². The molecule has 154 valence electrons. The Balaban J connectivity index is 1.64. The first kappa shape index (κ1) is 20.6. The summed E-state index contributed by atoms with van der Waals surface area (Å²) in [5.74, 6) is 0.717. The predicted molar refractivity (Wildman–Crippen MR) is 108 cm³/mol. The molecular weight excluding hydrogens is 375 g/mol. The fourth-order valence-electron chi connectivity index (χ4n) is 3.47. The molecule has 1 amide bonds. The Morgan fingerprint density at radius 1 is 1.00 bits per heavy atom. The molecule has 0 radical (unpaired) electrons. The second-order valence-electron chi connectivity index (χ2n) is 6.94. The molecule has 0 N–H and O–H groups in total. The molecule has 2 aromatic rings. The Labute approximate surface area is 169 Å². The quantitative estimate of drug-likeness (QED) is 0.698. The maximum absolute atomic E-state index is 14.4. The van der Waals surface area contributed by atoms with Gasteiger partial charge in [-0.15, -0.1) is 0 Å². The zero-order valence-corrected chi connectivity index (χ0v) is 16.9. The number of benzene rings is 2. The molecule has 0 aliphatic carbocycles. The van der Waals surface area contributed by atoms with Crippen molar-refractivity contribution in [1.82, 2.24) is 4.90 Å². The van der Waals surface area contributed by atoms with E-state index < -0.39 is 5.82 Å². The Hall–Kier alpha value is -3.09. The van der Waals surface area contributed by atoms with Crippen molar-refractivity contribution in [3.8, 4) is 11.5 Å². The highest BCUT2D eigenvalue weighted by atomic mass is 19.1. The van der Waals surface area contributed by atoms with Gasteiger partial charge in [0.05, 0.1) is 26.3 Å². The third-order valence-electron chi connectivity index (χ3n) is 5.16. The molecule has 0 saturated carbocycles. The molecule has 3 rings (SSSR count). The highest BCUT2D eigenvalue weighted by Gasteiger charge is 2.24. The van der Waals surface area contributed by atoms with Crippen molar-refractivity contribution in [1.29, 1.82) is 0 Å². The lowest BCUT2D eigenvalue weighted by atomic mass is 10.1. The van der Waals surface area contributed by atoms with E-state index in [1.54, 1.807) is 49.5 Å². The number of anilines is 1. The first-order chi connectivity index (χ1) is 13.9. The minimum Gasteiger partial charge on any atom is -0.497 e. The number of ether oxygens (including phenoxy) is 2. The largest absolute Gasteiger partial charge is 0.497 e. The molecule has 1 aliphatic heterocycles. The summed E-state index contributed by atoms with van der Waals surface area (Å²) in [7, 11) is 3.15. The SMILES string of the molecule is COc1ccc(OC)c(CC(=O)N2CCN(c3ccc(C(C)=O)cc3F)CC2)c1. The Morgan fingerprint density at radius 3 is 2.31 bits per heavy atom. The molecule has 6 nitrogen and oxygen atoms in total. The lowest BCUT2D eigenvalue weighted by Gasteiger charge is -2.36. The van der Waals surface area contributed by atoms with Gasteiger partial charge in [0.1, 0.15) is 17.3 Å². The van der Waals surface area contributed by atoms with E-state index in [9.17, 15) is 14.0 Å². The molecule has 0 bridgehead atoms. The highest BCUT2D eigenvalue weighted by Crippen LogP contribution is 2.26. The molecule has 29 heavy (non-hydrogen) atoms. The van der Waals surface area contributed by atoms with E-state index in [1.807, 2.05) is 4.90 Å². The van der Waals surface area contributed by atoms with Crippen molar-refractivity contribution in [2.75, 3.05) is 45.3 Å². The minimum absolute atomic E-state index is 0.0106. The van der Waals surface area contributed by atoms with E-state index in [4.69, 9.17) is 9.47 Å². The molecule has 0 atom stereocenters. The van der Waals surface area contributed by atoms with Crippen molar-refractivity contribution in [2.45, 2.75) is 13.3 Å². The van der Waals surface area contributed by atoms with E-state index >= 15 is 0 Å². The molecular formula is C22H25FN2O4. The average Bonchev–Trinajstić information content (AvgIpc) is 2.73. The second-order valence-corrected chi connectivity index (χ2v) is 6.94. The van der Waals surface area contributed by atoms with Crippen molar-refractivity contribution in [3.63, 3.8) is 0 Å². The number of hydrogen-bond donors (Lipinski definition) is 0. The van der Waals surface area contributed by atoms with Gasteiger partial charge in [-0.2, -0.15) is 0 Å². The third-order valence-corrected chi connectivity index (χ3v) is 5.16. The van der Waals surface area contributed by atoms with Gasteiger partial charge in [-0.3, -0.25) is 9.59 Å². The van der Waals surface area contributed by atoms with Gasteiger partial charge in [0.25, 0.3) is 0 Å². The number of ketones is 1. The fourth-order valence-corrected chi connectivity index (χ4v) is 3.47. The predicted octanol–water partition coefficient (Wildman–Crippen LogP) is 2.94. The summed E-state index contributed by atoms with van der Waals surface area (Å²) >= 11 is 0. The van der Waals surface area contributed by atoms with Crippen molar-refractivity contribution >= 4 is 17.4 Å². The maximum atomic E-state index is 14.4. The van der Waals surface area contributed by atoms with Gasteiger partial charge < -0.3 is 19.3 Å². The van der Waals surface area contributed by atoms with Gasteiger partial charge in [0.15, 0.2) is 5.78 Å². The van der Waals surface area contributed by atoms with E-state index in [0.29, 0.717) is 48.9 Å². The van der Waals surface area contributed by atoms with Crippen LogP contribution in [0.2, 0.25) is 0 Å². The van der Waals surface area contributed by atoms with Crippen LogP contribution in [0, 0.1) is 5.82 Å². The zero-order valence-electron chi connectivity index (χ0n) is 16.9. The third kappa shape index (κ3) is 4.67. The summed E-state index contributed by atoms with van der Waals surface area (Å²) < 4.78 is 25.0. The smallest absolute Gasteiger partial charge is 0.227 e. The summed E-state index contributed by atoms with van der Waals surface area (Å²) in [5, 5.41) is 0. The Morgan fingerprint density at radius 2 is 1.72 bits per heavy atom. The molecule has 7 heteroatoms. The number of methoxy groups -OCH3 is 2. The maximum Gasteiger partial charge on any atom is 0.227 e. The van der Waals surface area contributed by atoms with Crippen molar-refractivity contribution in [3.05, 3.63) is 53.3 Å². The van der Waals surface area contributed by atoms with Crippen LogP contribution in [-0.4, -0.2) is 57.0 Å². The Kier molecular flexibility index (Phi) is 6.36. The fraction of sp³-hybridized carbons (Fsp3) is 0.364. The summed E-state index contributed by atoms with van der Waals surface area (Å²) in [6.07, 6.45) is 0.210. The van der Waals surface area contributed by atoms with E-state index in [1.165, 1.54) is 13.0 Å². The monoisotopic (exact) mass is 400 g/mol. The van der Waals surface area contributed by atoms with Crippen LogP contribution in [0.25, 0.3) is 0 Å². The standard InChI is InChI=1S/C22H25FN2O4/c1-15(26)16-4-6-20(19(23)13-16)24-8-10-25(11-9-24)22(27)14-17-12-18(28-2)5-7-21(17)29-3/h4-7,12-13H,8-11,14H2,1-3H3. The Bertz CT molecular complexity index is 908. The number of hydrogen-bond acceptors (Lipinski definition) is 5. The average molecular weight is 400 g/mol. The van der Waals surface area contributed by atoms with Gasteiger partial charge in [-0.1, -0.05) is 0 Å². The number of nitrogens with zero attached hydrogens (tertiary/aromatic N) is 2. The van der Waals surface area contributed by atoms with Crippen LogP contribution in [-0.2, 0) is 11.2 Å². The highest BCUT2D eigenvalue weighted by molar-refractivity contribution is 5.94. The van der Waals surface area contributed by atoms with Gasteiger partial charge in [0, 0.05) is 37.3 Å². The van der Waals surface area contributed by atoms with E-state index in [0.717, 1.165) is 5.56 Å². The minimum atomic E-state index is -0.418.